The molecule has 3 heteroatoms. The van der Waals surface area contributed by atoms with Crippen molar-refractivity contribution in [2.24, 2.45) is 0 Å². The molecule has 2 rings (SSSR count). The van der Waals surface area contributed by atoms with Gasteiger partial charge in [-0.25, -0.2) is 4.98 Å². The molecule has 0 spiro atoms. The third kappa shape index (κ3) is 2.46. The molecule has 0 saturated heterocycles. The van der Waals surface area contributed by atoms with Crippen LogP contribution >= 0.6 is 11.6 Å². The van der Waals surface area contributed by atoms with E-state index in [4.69, 9.17) is 16.3 Å². The first kappa shape index (κ1) is 9.94. The Hall–Kier alpha value is -0.600. The van der Waals surface area contributed by atoms with Gasteiger partial charge in [-0.15, -0.1) is 0 Å². The lowest BCUT2D eigenvalue weighted by atomic mass is 10.3. The molecular weight excluding hydrogens is 198 g/mol. The van der Waals surface area contributed by atoms with E-state index in [1.807, 2.05) is 12.1 Å². The van der Waals surface area contributed by atoms with Crippen LogP contribution in [0.3, 0.4) is 0 Å². The van der Waals surface area contributed by atoms with Crippen molar-refractivity contribution in [1.82, 2.24) is 4.98 Å². The van der Waals surface area contributed by atoms with Crippen molar-refractivity contribution in [3.63, 3.8) is 0 Å². The van der Waals surface area contributed by atoms with Gasteiger partial charge in [0.1, 0.15) is 5.15 Å². The average Bonchev–Trinajstić information content (AvgIpc) is 2.69. The molecule has 0 aliphatic heterocycles. The molecule has 76 valence electrons. The summed E-state index contributed by atoms with van der Waals surface area (Å²) in [4.78, 5) is 4.01. The molecule has 0 bridgehead atoms. The highest BCUT2D eigenvalue weighted by Crippen LogP contribution is 2.23. The van der Waals surface area contributed by atoms with Crippen molar-refractivity contribution in [3.05, 3.63) is 29.0 Å². The maximum absolute atomic E-state index is 5.92. The minimum atomic E-state index is 0.436. The van der Waals surface area contributed by atoms with E-state index in [1.54, 1.807) is 6.20 Å². The quantitative estimate of drug-likeness (QED) is 0.717. The fourth-order valence-electron chi connectivity index (χ4n) is 1.79. The van der Waals surface area contributed by atoms with Crippen LogP contribution in [0.5, 0.6) is 0 Å². The topological polar surface area (TPSA) is 22.1 Å². The largest absolute Gasteiger partial charge is 0.373 e. The van der Waals surface area contributed by atoms with Gasteiger partial charge in [0.2, 0.25) is 0 Å². The van der Waals surface area contributed by atoms with E-state index in [-0.39, 0.29) is 0 Å². The predicted molar refractivity (Wildman–Crippen MR) is 56.3 cm³/mol. The zero-order valence-corrected chi connectivity index (χ0v) is 8.83. The predicted octanol–water partition coefficient (Wildman–Crippen LogP) is 3.19. The molecule has 1 aromatic rings. The number of aromatic nitrogens is 1. The van der Waals surface area contributed by atoms with E-state index in [9.17, 15) is 0 Å². The van der Waals surface area contributed by atoms with E-state index in [1.165, 1.54) is 25.7 Å². The second-order valence-corrected chi connectivity index (χ2v) is 4.03. The number of hydrogen-bond acceptors (Lipinski definition) is 2. The molecule has 1 aromatic heterocycles. The van der Waals surface area contributed by atoms with Crippen LogP contribution in [-0.4, -0.2) is 11.1 Å². The van der Waals surface area contributed by atoms with Crippen LogP contribution in [0.1, 0.15) is 31.2 Å². The van der Waals surface area contributed by atoms with Gasteiger partial charge in [-0.2, -0.15) is 0 Å². The maximum Gasteiger partial charge on any atom is 0.134 e. The Labute approximate surface area is 89.3 Å². The number of rotatable bonds is 3. The Balaban J connectivity index is 1.88. The molecule has 1 aliphatic carbocycles. The van der Waals surface area contributed by atoms with Gasteiger partial charge in [0, 0.05) is 11.8 Å². The Bertz CT molecular complexity index is 297. The van der Waals surface area contributed by atoms with Crippen LogP contribution in [0.15, 0.2) is 18.3 Å². The maximum atomic E-state index is 5.92. The Morgan fingerprint density at radius 2 is 2.21 bits per heavy atom. The van der Waals surface area contributed by atoms with Gasteiger partial charge in [-0.05, 0) is 18.9 Å². The molecule has 1 fully saturated rings. The summed E-state index contributed by atoms with van der Waals surface area (Å²) in [5, 5.41) is 0.561. The van der Waals surface area contributed by atoms with E-state index in [2.05, 4.69) is 4.98 Å². The first-order valence-corrected chi connectivity index (χ1v) is 5.45. The third-order valence-corrected chi connectivity index (χ3v) is 2.95. The number of halogens is 1. The zero-order chi connectivity index (χ0) is 9.80. The summed E-state index contributed by atoms with van der Waals surface area (Å²) in [6, 6.07) is 3.85. The summed E-state index contributed by atoms with van der Waals surface area (Å²) in [5.74, 6) is 0. The molecule has 0 atom stereocenters. The lowest BCUT2D eigenvalue weighted by Crippen LogP contribution is -2.07. The standard InChI is InChI=1S/C11H14ClNO/c12-11-9(4-3-7-13-11)8-14-10-5-1-2-6-10/h3-4,7,10H,1-2,5-6,8H2. The van der Waals surface area contributed by atoms with Gasteiger partial charge >= 0.3 is 0 Å². The summed E-state index contributed by atoms with van der Waals surface area (Å²) in [6.07, 6.45) is 7.11. The molecule has 0 amide bonds. The molecule has 14 heavy (non-hydrogen) atoms. The minimum absolute atomic E-state index is 0.436. The van der Waals surface area contributed by atoms with Crippen molar-refractivity contribution in [2.45, 2.75) is 38.4 Å². The van der Waals surface area contributed by atoms with Crippen LogP contribution in [0, 0.1) is 0 Å². The van der Waals surface area contributed by atoms with Crippen molar-refractivity contribution in [1.29, 1.82) is 0 Å². The van der Waals surface area contributed by atoms with Crippen molar-refractivity contribution in [2.75, 3.05) is 0 Å². The third-order valence-electron chi connectivity index (χ3n) is 2.61. The van der Waals surface area contributed by atoms with Crippen LogP contribution in [-0.2, 0) is 11.3 Å². The highest BCUT2D eigenvalue weighted by atomic mass is 35.5. The fraction of sp³-hybridized carbons (Fsp3) is 0.545. The fourth-order valence-corrected chi connectivity index (χ4v) is 1.96. The van der Waals surface area contributed by atoms with E-state index in [0.717, 1.165) is 5.56 Å². The lowest BCUT2D eigenvalue weighted by Gasteiger charge is -2.11. The van der Waals surface area contributed by atoms with Crippen LogP contribution in [0.2, 0.25) is 5.15 Å². The van der Waals surface area contributed by atoms with Gasteiger partial charge in [0.05, 0.1) is 12.7 Å². The van der Waals surface area contributed by atoms with Crippen molar-refractivity contribution < 1.29 is 4.74 Å². The Kier molecular flexibility index (Phi) is 3.38. The van der Waals surface area contributed by atoms with E-state index >= 15 is 0 Å². The molecule has 0 aromatic carbocycles. The molecule has 1 saturated carbocycles. The Morgan fingerprint density at radius 3 is 2.93 bits per heavy atom. The summed E-state index contributed by atoms with van der Waals surface area (Å²) < 4.78 is 5.75. The molecule has 1 heterocycles. The zero-order valence-electron chi connectivity index (χ0n) is 8.08. The summed E-state index contributed by atoms with van der Waals surface area (Å²) >= 11 is 5.92. The first-order chi connectivity index (χ1) is 6.86. The highest BCUT2D eigenvalue weighted by Gasteiger charge is 2.15. The summed E-state index contributed by atoms with van der Waals surface area (Å²) in [7, 11) is 0. The molecule has 0 N–H and O–H groups in total. The van der Waals surface area contributed by atoms with Gasteiger partial charge in [-0.3, -0.25) is 0 Å². The minimum Gasteiger partial charge on any atom is -0.373 e. The van der Waals surface area contributed by atoms with Crippen LogP contribution in [0.4, 0.5) is 0 Å². The molecular formula is C11H14ClNO. The van der Waals surface area contributed by atoms with Gasteiger partial charge in [-0.1, -0.05) is 30.5 Å². The number of pyridine rings is 1. The van der Waals surface area contributed by atoms with Crippen LogP contribution in [0.25, 0.3) is 0 Å². The Morgan fingerprint density at radius 1 is 1.43 bits per heavy atom. The second-order valence-electron chi connectivity index (χ2n) is 3.67. The monoisotopic (exact) mass is 211 g/mol. The highest BCUT2D eigenvalue weighted by molar-refractivity contribution is 6.30. The molecule has 0 radical (unpaired) electrons. The van der Waals surface area contributed by atoms with Gasteiger partial charge < -0.3 is 4.74 Å². The van der Waals surface area contributed by atoms with Gasteiger partial charge in [0.15, 0.2) is 0 Å². The molecule has 1 aliphatic rings. The number of nitrogens with zero attached hydrogens (tertiary/aromatic N) is 1. The van der Waals surface area contributed by atoms with Crippen molar-refractivity contribution in [3.8, 4) is 0 Å². The smallest absolute Gasteiger partial charge is 0.134 e. The summed E-state index contributed by atoms with van der Waals surface area (Å²) in [5.41, 5.74) is 0.987. The number of ether oxygens (including phenoxy) is 1. The lowest BCUT2D eigenvalue weighted by molar-refractivity contribution is 0.0456. The number of hydrogen-bond donors (Lipinski definition) is 0. The SMILES string of the molecule is Clc1ncccc1COC1CCCC1. The average molecular weight is 212 g/mol. The first-order valence-electron chi connectivity index (χ1n) is 5.07. The van der Waals surface area contributed by atoms with Gasteiger partial charge in [0.25, 0.3) is 0 Å². The molecule has 2 nitrogen and oxygen atoms in total. The van der Waals surface area contributed by atoms with E-state index in [0.29, 0.717) is 17.9 Å². The van der Waals surface area contributed by atoms with Crippen molar-refractivity contribution >= 4 is 11.6 Å². The van der Waals surface area contributed by atoms with Crippen LogP contribution < -0.4 is 0 Å². The molecule has 0 unspecified atom stereocenters. The van der Waals surface area contributed by atoms with E-state index < -0.39 is 0 Å². The second kappa shape index (κ2) is 4.76. The summed E-state index contributed by atoms with van der Waals surface area (Å²) in [6.45, 7) is 0.595. The normalized spacial score (nSPS) is 17.5.